The highest BCUT2D eigenvalue weighted by molar-refractivity contribution is 5.91. The number of hydrogen-bond acceptors (Lipinski definition) is 3. The van der Waals surface area contributed by atoms with Crippen molar-refractivity contribution in [2.24, 2.45) is 5.92 Å². The zero-order valence-corrected chi connectivity index (χ0v) is 18.7. The van der Waals surface area contributed by atoms with Gasteiger partial charge in [-0.1, -0.05) is 6.07 Å². The normalized spacial score (nSPS) is 20.9. The molecule has 0 saturated heterocycles. The van der Waals surface area contributed by atoms with Crippen LogP contribution in [0.5, 0.6) is 0 Å². The zero-order chi connectivity index (χ0) is 23.2. The van der Waals surface area contributed by atoms with Crippen molar-refractivity contribution < 1.29 is 13.6 Å². The fraction of sp³-hybridized carbons (Fsp3) is 0.407. The number of carbonyl (C=O) groups excluding carboxylic acids is 1. The molecule has 1 fully saturated rings. The number of nitrogens with one attached hydrogen (secondary N) is 1. The second-order valence-electron chi connectivity index (χ2n) is 9.14. The summed E-state index contributed by atoms with van der Waals surface area (Å²) in [6, 6.07) is 11.7. The van der Waals surface area contributed by atoms with Crippen molar-refractivity contribution in [3.8, 4) is 6.07 Å². The van der Waals surface area contributed by atoms with Gasteiger partial charge in [-0.15, -0.1) is 0 Å². The minimum Gasteiger partial charge on any atom is -0.350 e. The highest BCUT2D eigenvalue weighted by atomic mass is 19.1. The van der Waals surface area contributed by atoms with Gasteiger partial charge < -0.3 is 5.32 Å². The molecule has 0 spiro atoms. The van der Waals surface area contributed by atoms with Crippen molar-refractivity contribution in [3.63, 3.8) is 0 Å². The van der Waals surface area contributed by atoms with Crippen LogP contribution in [0.2, 0.25) is 0 Å². The maximum absolute atomic E-state index is 13.7. The molecule has 1 amide bonds. The quantitative estimate of drug-likeness (QED) is 0.634. The van der Waals surface area contributed by atoms with E-state index in [4.69, 9.17) is 5.26 Å². The van der Waals surface area contributed by atoms with E-state index in [0.29, 0.717) is 5.92 Å². The number of hydrogen-bond donors (Lipinski definition) is 1. The molecule has 172 valence electrons. The minimum atomic E-state index is -0.677. The summed E-state index contributed by atoms with van der Waals surface area (Å²) in [5.74, 6) is -0.882. The number of nitrogens with zero attached hydrogens (tertiary/aromatic N) is 2. The highest BCUT2D eigenvalue weighted by Gasteiger charge is 2.23. The van der Waals surface area contributed by atoms with Crippen LogP contribution in [0.1, 0.15) is 54.4 Å². The number of nitriles is 1. The van der Waals surface area contributed by atoms with Crippen molar-refractivity contribution in [2.75, 3.05) is 13.1 Å². The summed E-state index contributed by atoms with van der Waals surface area (Å²) >= 11 is 0. The molecule has 2 aliphatic rings. The van der Waals surface area contributed by atoms with Gasteiger partial charge in [0, 0.05) is 36.8 Å². The number of halogens is 2. The lowest BCUT2D eigenvalue weighted by atomic mass is 9.84. The smallest absolute Gasteiger partial charge is 0.244 e. The summed E-state index contributed by atoms with van der Waals surface area (Å²) in [5, 5.41) is 12.1. The van der Waals surface area contributed by atoms with Crippen LogP contribution < -0.4 is 5.32 Å². The van der Waals surface area contributed by atoms with Gasteiger partial charge in [-0.2, -0.15) is 5.26 Å². The van der Waals surface area contributed by atoms with Crippen LogP contribution in [0, 0.1) is 28.9 Å². The van der Waals surface area contributed by atoms with E-state index in [0.717, 1.165) is 69.8 Å². The Morgan fingerprint density at radius 1 is 1.12 bits per heavy atom. The Kier molecular flexibility index (Phi) is 7.51. The molecule has 0 atom stereocenters. The highest BCUT2D eigenvalue weighted by Crippen LogP contribution is 2.28. The largest absolute Gasteiger partial charge is 0.350 e. The minimum absolute atomic E-state index is 0.146. The average molecular weight is 450 g/mol. The lowest BCUT2D eigenvalue weighted by molar-refractivity contribution is -0.117. The molecule has 2 aromatic rings. The summed E-state index contributed by atoms with van der Waals surface area (Å²) in [7, 11) is 0. The molecule has 1 aliphatic heterocycles. The third-order valence-corrected chi connectivity index (χ3v) is 6.85. The maximum atomic E-state index is 13.7. The topological polar surface area (TPSA) is 56.1 Å². The molecular weight excluding hydrogens is 420 g/mol. The summed E-state index contributed by atoms with van der Waals surface area (Å²) in [6.45, 7) is 3.06. The predicted molar refractivity (Wildman–Crippen MR) is 124 cm³/mol. The van der Waals surface area contributed by atoms with Gasteiger partial charge in [0.2, 0.25) is 5.91 Å². The van der Waals surface area contributed by atoms with Gasteiger partial charge in [0.15, 0.2) is 0 Å². The second kappa shape index (κ2) is 10.7. The summed E-state index contributed by atoms with van der Waals surface area (Å²) in [5.41, 5.74) is 3.57. The first kappa shape index (κ1) is 23.1. The molecular formula is C27H29F2N3O. The van der Waals surface area contributed by atoms with Gasteiger partial charge in [0.1, 0.15) is 11.6 Å². The molecule has 2 aromatic carbocycles. The first-order valence-electron chi connectivity index (χ1n) is 11.7. The predicted octanol–water partition coefficient (Wildman–Crippen LogP) is 4.97. The fourth-order valence-corrected chi connectivity index (χ4v) is 4.88. The summed E-state index contributed by atoms with van der Waals surface area (Å²) < 4.78 is 26.7. The lowest BCUT2D eigenvalue weighted by Gasteiger charge is -2.33. The van der Waals surface area contributed by atoms with E-state index >= 15 is 0 Å². The summed E-state index contributed by atoms with van der Waals surface area (Å²) in [6.07, 6.45) is 8.96. The van der Waals surface area contributed by atoms with Gasteiger partial charge in [-0.3, -0.25) is 9.69 Å². The Labute approximate surface area is 193 Å². The molecule has 4 rings (SSSR count). The number of fused-ring (bicyclic) bond motifs is 1. The molecule has 0 unspecified atom stereocenters. The van der Waals surface area contributed by atoms with Crippen molar-refractivity contribution in [1.82, 2.24) is 10.2 Å². The van der Waals surface area contributed by atoms with E-state index in [1.807, 2.05) is 12.1 Å². The van der Waals surface area contributed by atoms with Gasteiger partial charge in [-0.25, -0.2) is 8.78 Å². The van der Waals surface area contributed by atoms with Crippen molar-refractivity contribution in [2.45, 2.75) is 51.1 Å². The Morgan fingerprint density at radius 2 is 1.94 bits per heavy atom. The monoisotopic (exact) mass is 449 g/mol. The van der Waals surface area contributed by atoms with Crippen LogP contribution >= 0.6 is 0 Å². The first-order valence-corrected chi connectivity index (χ1v) is 11.7. The van der Waals surface area contributed by atoms with Gasteiger partial charge in [0.05, 0.1) is 11.6 Å². The van der Waals surface area contributed by atoms with Crippen LogP contribution in [0.3, 0.4) is 0 Å². The van der Waals surface area contributed by atoms with Crippen LogP contribution in [0.15, 0.2) is 42.5 Å². The number of carbonyl (C=O) groups is 1. The Morgan fingerprint density at radius 3 is 2.70 bits per heavy atom. The van der Waals surface area contributed by atoms with Crippen LogP contribution in [0.25, 0.3) is 6.08 Å². The molecule has 33 heavy (non-hydrogen) atoms. The third kappa shape index (κ3) is 6.27. The molecule has 1 heterocycles. The zero-order valence-electron chi connectivity index (χ0n) is 18.7. The van der Waals surface area contributed by atoms with E-state index in [1.165, 1.54) is 35.4 Å². The fourth-order valence-electron chi connectivity index (χ4n) is 4.88. The second-order valence-corrected chi connectivity index (χ2v) is 9.14. The van der Waals surface area contributed by atoms with Crippen LogP contribution in [-0.2, 0) is 17.8 Å². The van der Waals surface area contributed by atoms with E-state index in [9.17, 15) is 13.6 Å². The van der Waals surface area contributed by atoms with E-state index in [2.05, 4.69) is 22.4 Å². The van der Waals surface area contributed by atoms with Gasteiger partial charge >= 0.3 is 0 Å². The van der Waals surface area contributed by atoms with Crippen molar-refractivity contribution in [3.05, 3.63) is 76.4 Å². The molecule has 1 aliphatic carbocycles. The van der Waals surface area contributed by atoms with Crippen LogP contribution in [0.4, 0.5) is 8.78 Å². The van der Waals surface area contributed by atoms with E-state index in [-0.39, 0.29) is 17.5 Å². The average Bonchev–Trinajstić information content (AvgIpc) is 2.82. The van der Waals surface area contributed by atoms with Crippen molar-refractivity contribution in [1.29, 1.82) is 5.26 Å². The molecule has 0 aromatic heterocycles. The Hall–Kier alpha value is -3.04. The Bertz CT molecular complexity index is 1070. The standard InChI is InChI=1S/C27H29F2N3O/c28-24-7-5-21(26(29)16-24)6-10-27(33)31-25-8-2-19(3-9-25)11-13-32-14-12-22-15-20(17-30)1-4-23(22)18-32/h1,4-7,10,15-16,19,25H,2-3,8-9,11-14,18H2,(H,31,33)/t19-,25-. The molecule has 1 N–H and O–H groups in total. The number of rotatable bonds is 6. The van der Waals surface area contributed by atoms with Crippen LogP contribution in [-0.4, -0.2) is 29.9 Å². The molecule has 4 nitrogen and oxygen atoms in total. The number of amides is 1. The van der Waals surface area contributed by atoms with Gasteiger partial charge in [-0.05, 0) is 92.5 Å². The maximum Gasteiger partial charge on any atom is 0.244 e. The molecule has 0 bridgehead atoms. The summed E-state index contributed by atoms with van der Waals surface area (Å²) in [4.78, 5) is 14.7. The third-order valence-electron chi connectivity index (χ3n) is 6.85. The molecule has 1 saturated carbocycles. The van der Waals surface area contributed by atoms with E-state index < -0.39 is 11.6 Å². The molecule has 6 heteroatoms. The Balaban J connectivity index is 1.17. The van der Waals surface area contributed by atoms with Gasteiger partial charge in [0.25, 0.3) is 0 Å². The first-order chi connectivity index (χ1) is 16.0. The SMILES string of the molecule is N#Cc1ccc2c(c1)CCN(CC[C@H]1CC[C@H](NC(=O)C=Cc3ccc(F)cc3F)CC1)C2. The van der Waals surface area contributed by atoms with Crippen molar-refractivity contribution >= 4 is 12.0 Å². The number of benzene rings is 2. The van der Waals surface area contributed by atoms with E-state index in [1.54, 1.807) is 0 Å². The molecule has 0 radical (unpaired) electrons. The lowest BCUT2D eigenvalue weighted by Crippen LogP contribution is -2.37.